The highest BCUT2D eigenvalue weighted by Crippen LogP contribution is 2.36. The van der Waals surface area contributed by atoms with Gasteiger partial charge in [0.1, 0.15) is 0 Å². The zero-order valence-electron chi connectivity index (χ0n) is 19.9. The zero-order valence-corrected chi connectivity index (χ0v) is 19.9. The summed E-state index contributed by atoms with van der Waals surface area (Å²) in [6, 6.07) is 9.90. The molecule has 1 amide bonds. The molecular weight excluding hydrogens is 473 g/mol. The third-order valence-electron chi connectivity index (χ3n) is 6.68. The maximum atomic E-state index is 13.4. The first-order chi connectivity index (χ1) is 17.3. The van der Waals surface area contributed by atoms with Gasteiger partial charge in [0.25, 0.3) is 5.91 Å². The van der Waals surface area contributed by atoms with Crippen molar-refractivity contribution in [1.29, 1.82) is 0 Å². The van der Waals surface area contributed by atoms with Gasteiger partial charge < -0.3 is 14.4 Å². The number of piperidine rings is 1. The lowest BCUT2D eigenvalue weighted by Gasteiger charge is -2.37. The van der Waals surface area contributed by atoms with Crippen molar-refractivity contribution in [3.8, 4) is 16.9 Å². The number of benzene rings is 1. The summed E-state index contributed by atoms with van der Waals surface area (Å²) in [6.07, 6.45) is 2.01. The second kappa shape index (κ2) is 9.67. The topological polar surface area (TPSA) is 69.5 Å². The van der Waals surface area contributed by atoms with Gasteiger partial charge in [-0.1, -0.05) is 13.3 Å². The minimum Gasteiger partial charge on any atom is -0.347 e. The largest absolute Gasteiger partial charge is 0.416 e. The van der Waals surface area contributed by atoms with E-state index in [4.69, 9.17) is 9.47 Å². The molecule has 0 N–H and O–H groups in total. The van der Waals surface area contributed by atoms with Crippen LogP contribution in [-0.4, -0.2) is 57.2 Å². The van der Waals surface area contributed by atoms with Gasteiger partial charge in [-0.15, -0.1) is 0 Å². The van der Waals surface area contributed by atoms with E-state index >= 15 is 0 Å². The number of aromatic nitrogens is 3. The Bertz CT molecular complexity index is 1200. The molecule has 1 aromatic carbocycles. The molecular formula is C26H27F3N4O3. The van der Waals surface area contributed by atoms with Crippen molar-refractivity contribution in [1.82, 2.24) is 19.7 Å². The van der Waals surface area contributed by atoms with Crippen molar-refractivity contribution in [2.75, 3.05) is 19.7 Å². The van der Waals surface area contributed by atoms with E-state index in [1.54, 1.807) is 35.5 Å². The summed E-state index contributed by atoms with van der Waals surface area (Å²) in [5.74, 6) is -0.868. The van der Waals surface area contributed by atoms with Gasteiger partial charge in [0.05, 0.1) is 29.7 Å². The van der Waals surface area contributed by atoms with Crippen LogP contribution in [0.25, 0.3) is 16.9 Å². The zero-order chi connectivity index (χ0) is 25.3. The lowest BCUT2D eigenvalue weighted by molar-refractivity contribution is -0.192. The van der Waals surface area contributed by atoms with E-state index in [0.29, 0.717) is 43.9 Å². The van der Waals surface area contributed by atoms with Crippen LogP contribution < -0.4 is 0 Å². The lowest BCUT2D eigenvalue weighted by Crippen LogP contribution is -2.47. The first kappa shape index (κ1) is 24.5. The molecule has 2 aromatic heterocycles. The number of hydrogen-bond donors (Lipinski definition) is 0. The van der Waals surface area contributed by atoms with Crippen LogP contribution in [0.1, 0.15) is 48.7 Å². The van der Waals surface area contributed by atoms with E-state index in [2.05, 4.69) is 17.0 Å². The van der Waals surface area contributed by atoms with Crippen LogP contribution in [0.5, 0.6) is 0 Å². The quantitative estimate of drug-likeness (QED) is 0.488. The monoisotopic (exact) mass is 500 g/mol. The van der Waals surface area contributed by atoms with Gasteiger partial charge in [-0.2, -0.15) is 18.3 Å². The van der Waals surface area contributed by atoms with Gasteiger partial charge in [-0.05, 0) is 48.9 Å². The van der Waals surface area contributed by atoms with Crippen LogP contribution in [0.15, 0.2) is 54.9 Å². The number of amides is 1. The Morgan fingerprint density at radius 3 is 2.44 bits per heavy atom. The maximum absolute atomic E-state index is 13.4. The molecule has 0 radical (unpaired) electrons. The Morgan fingerprint density at radius 2 is 1.81 bits per heavy atom. The number of likely N-dealkylation sites (tertiary alicyclic amines) is 1. The van der Waals surface area contributed by atoms with Crippen molar-refractivity contribution in [3.63, 3.8) is 0 Å². The molecule has 10 heteroatoms. The number of ether oxygens (including phenoxy) is 2. The molecule has 3 aromatic rings. The molecule has 0 saturated carbocycles. The SMILES string of the molecule is CCCC1COC2(CCN(C(=O)c3cc(-c4ccncc4)n(-c4ccc(C(F)(F)F)cc4)n3)CC2)O1. The number of nitrogens with zero attached hydrogens (tertiary/aromatic N) is 4. The van der Waals surface area contributed by atoms with Gasteiger partial charge in [0, 0.05) is 43.9 Å². The highest BCUT2D eigenvalue weighted by molar-refractivity contribution is 5.93. The van der Waals surface area contributed by atoms with E-state index in [1.165, 1.54) is 16.8 Å². The molecule has 1 spiro atoms. The minimum absolute atomic E-state index is 0.0969. The fourth-order valence-electron chi connectivity index (χ4n) is 4.76. The normalized spacial score (nSPS) is 19.7. The molecule has 0 bridgehead atoms. The fourth-order valence-corrected chi connectivity index (χ4v) is 4.76. The number of pyridine rings is 1. The predicted octanol–water partition coefficient (Wildman–Crippen LogP) is 5.10. The van der Waals surface area contributed by atoms with E-state index in [0.717, 1.165) is 30.5 Å². The molecule has 2 aliphatic rings. The van der Waals surface area contributed by atoms with Crippen LogP contribution in [-0.2, 0) is 15.7 Å². The summed E-state index contributed by atoms with van der Waals surface area (Å²) in [7, 11) is 0. The summed E-state index contributed by atoms with van der Waals surface area (Å²) in [5.41, 5.74) is 1.21. The van der Waals surface area contributed by atoms with Gasteiger partial charge in [-0.25, -0.2) is 4.68 Å². The first-order valence-corrected chi connectivity index (χ1v) is 12.1. The van der Waals surface area contributed by atoms with Crippen LogP contribution in [0.3, 0.4) is 0 Å². The van der Waals surface area contributed by atoms with E-state index in [-0.39, 0.29) is 17.7 Å². The lowest BCUT2D eigenvalue weighted by atomic mass is 10.0. The molecule has 2 fully saturated rings. The highest BCUT2D eigenvalue weighted by atomic mass is 19.4. The number of rotatable bonds is 5. The highest BCUT2D eigenvalue weighted by Gasteiger charge is 2.44. The number of alkyl halides is 3. The van der Waals surface area contributed by atoms with Crippen LogP contribution in [0.2, 0.25) is 0 Å². The molecule has 1 atom stereocenters. The van der Waals surface area contributed by atoms with Crippen molar-refractivity contribution < 1.29 is 27.4 Å². The van der Waals surface area contributed by atoms with Gasteiger partial charge in [-0.3, -0.25) is 9.78 Å². The van der Waals surface area contributed by atoms with Crippen LogP contribution >= 0.6 is 0 Å². The van der Waals surface area contributed by atoms with Crippen molar-refractivity contribution >= 4 is 5.91 Å². The van der Waals surface area contributed by atoms with E-state index in [9.17, 15) is 18.0 Å². The number of carbonyl (C=O) groups excluding carboxylic acids is 1. The van der Waals surface area contributed by atoms with Crippen molar-refractivity contribution in [3.05, 3.63) is 66.1 Å². The maximum Gasteiger partial charge on any atom is 0.416 e. The van der Waals surface area contributed by atoms with Gasteiger partial charge >= 0.3 is 6.18 Å². The average Bonchev–Trinajstić information content (AvgIpc) is 3.50. The third kappa shape index (κ3) is 4.87. The van der Waals surface area contributed by atoms with Crippen molar-refractivity contribution in [2.45, 2.75) is 50.7 Å². The Labute approximate surface area is 206 Å². The summed E-state index contributed by atoms with van der Waals surface area (Å²) in [4.78, 5) is 19.1. The Hall–Kier alpha value is -3.24. The van der Waals surface area contributed by atoms with Crippen LogP contribution in [0, 0.1) is 0 Å². The molecule has 190 valence electrons. The van der Waals surface area contributed by atoms with Crippen molar-refractivity contribution in [2.24, 2.45) is 0 Å². The minimum atomic E-state index is -4.44. The molecule has 0 aliphatic carbocycles. The fraction of sp³-hybridized carbons (Fsp3) is 0.423. The second-order valence-electron chi connectivity index (χ2n) is 9.15. The molecule has 7 nitrogen and oxygen atoms in total. The smallest absolute Gasteiger partial charge is 0.347 e. The Morgan fingerprint density at radius 1 is 1.11 bits per heavy atom. The van der Waals surface area contributed by atoms with Crippen LogP contribution in [0.4, 0.5) is 13.2 Å². The number of carbonyl (C=O) groups is 1. The van der Waals surface area contributed by atoms with Gasteiger partial charge in [0.15, 0.2) is 11.5 Å². The summed E-state index contributed by atoms with van der Waals surface area (Å²) in [6.45, 7) is 3.62. The van der Waals surface area contributed by atoms with E-state index in [1.807, 2.05) is 0 Å². The number of halogens is 3. The standard InChI is InChI=1S/C26H27F3N4O3/c1-2-3-21-17-35-25(36-21)10-14-32(15-11-25)24(34)22-16-23(18-8-12-30-13-9-18)33(31-22)20-6-4-19(5-7-20)26(27,28)29/h4-9,12-13,16,21H,2-3,10-11,14-15,17H2,1H3. The number of hydrogen-bond acceptors (Lipinski definition) is 5. The predicted molar refractivity (Wildman–Crippen MR) is 125 cm³/mol. The Kier molecular flexibility index (Phi) is 6.57. The molecule has 1 unspecified atom stereocenters. The summed E-state index contributed by atoms with van der Waals surface area (Å²) in [5, 5.41) is 4.51. The molecule has 4 heterocycles. The van der Waals surface area contributed by atoms with Gasteiger partial charge in [0.2, 0.25) is 0 Å². The van der Waals surface area contributed by atoms with E-state index < -0.39 is 17.5 Å². The third-order valence-corrected chi connectivity index (χ3v) is 6.68. The molecule has 36 heavy (non-hydrogen) atoms. The molecule has 5 rings (SSSR count). The first-order valence-electron chi connectivity index (χ1n) is 12.1. The summed E-state index contributed by atoms with van der Waals surface area (Å²) < 4.78 is 52.8. The molecule has 2 saturated heterocycles. The summed E-state index contributed by atoms with van der Waals surface area (Å²) >= 11 is 0. The second-order valence-corrected chi connectivity index (χ2v) is 9.15. The molecule has 2 aliphatic heterocycles. The Balaban J connectivity index is 1.39. The average molecular weight is 501 g/mol.